The third-order valence-electron chi connectivity index (χ3n) is 4.54. The van der Waals surface area contributed by atoms with Gasteiger partial charge in [-0.15, -0.1) is 0 Å². The van der Waals surface area contributed by atoms with E-state index in [0.717, 1.165) is 0 Å². The Kier molecular flexibility index (Phi) is 3.28. The maximum Gasteiger partial charge on any atom is 0.0644 e. The number of rotatable bonds is 4. The Morgan fingerprint density at radius 3 is 3.00 bits per heavy atom. The second kappa shape index (κ2) is 4.78. The highest BCUT2D eigenvalue weighted by molar-refractivity contribution is 5.38. The molecule has 0 aromatic rings. The largest absolute Gasteiger partial charge is 0.315 e. The molecule has 0 aromatic carbocycles. The van der Waals surface area contributed by atoms with Gasteiger partial charge in [0, 0.05) is 18.5 Å². The van der Waals surface area contributed by atoms with Crippen molar-refractivity contribution >= 4 is 0 Å². The summed E-state index contributed by atoms with van der Waals surface area (Å²) in [5, 5.41) is 3.12. The Labute approximate surface area is 109 Å². The summed E-state index contributed by atoms with van der Waals surface area (Å²) in [6.07, 6.45) is 10.2. The first-order valence-electron chi connectivity index (χ1n) is 6.99. The van der Waals surface area contributed by atoms with Crippen LogP contribution in [-0.2, 0) is 0 Å². The number of nitrogens with two attached hydrogens (primary N) is 1. The van der Waals surface area contributed by atoms with Gasteiger partial charge in [-0.05, 0) is 39.1 Å². The molecule has 3 aliphatic rings. The van der Waals surface area contributed by atoms with Crippen LogP contribution in [0.5, 0.6) is 0 Å². The molecule has 2 heterocycles. The zero-order valence-electron chi connectivity index (χ0n) is 11.3. The summed E-state index contributed by atoms with van der Waals surface area (Å²) < 4.78 is 0. The second-order valence-corrected chi connectivity index (χ2v) is 5.73. The van der Waals surface area contributed by atoms with Crippen LogP contribution in [0.4, 0.5) is 0 Å². The van der Waals surface area contributed by atoms with Crippen LogP contribution in [0.15, 0.2) is 23.8 Å². The van der Waals surface area contributed by atoms with Gasteiger partial charge in [-0.2, -0.15) is 0 Å². The van der Waals surface area contributed by atoms with E-state index in [-0.39, 0.29) is 6.17 Å². The minimum Gasteiger partial charge on any atom is -0.315 e. The van der Waals surface area contributed by atoms with Crippen LogP contribution in [0.2, 0.25) is 0 Å². The quantitative estimate of drug-likeness (QED) is 0.556. The van der Waals surface area contributed by atoms with Crippen molar-refractivity contribution in [3.05, 3.63) is 23.8 Å². The third-order valence-corrected chi connectivity index (χ3v) is 4.54. The Balaban J connectivity index is 1.60. The van der Waals surface area contributed by atoms with Gasteiger partial charge in [-0.25, -0.2) is 0 Å². The van der Waals surface area contributed by atoms with Crippen LogP contribution in [0.1, 0.15) is 12.8 Å². The van der Waals surface area contributed by atoms with Gasteiger partial charge in [0.15, 0.2) is 0 Å². The van der Waals surface area contributed by atoms with Crippen LogP contribution in [0.3, 0.4) is 0 Å². The van der Waals surface area contributed by atoms with Gasteiger partial charge < -0.3 is 11.1 Å². The molecule has 0 aromatic heterocycles. The molecule has 18 heavy (non-hydrogen) atoms. The van der Waals surface area contributed by atoms with E-state index in [1.807, 2.05) is 7.05 Å². The van der Waals surface area contributed by atoms with Gasteiger partial charge in [-0.3, -0.25) is 9.80 Å². The highest BCUT2D eigenvalue weighted by atomic mass is 15.4. The number of nitrogens with zero attached hydrogens (tertiary/aromatic N) is 2. The molecule has 3 N–H and O–H groups in total. The number of likely N-dealkylation sites (tertiary alicyclic amines) is 1. The van der Waals surface area contributed by atoms with Crippen molar-refractivity contribution in [3.8, 4) is 0 Å². The van der Waals surface area contributed by atoms with Gasteiger partial charge in [0.05, 0.1) is 12.3 Å². The minimum absolute atomic E-state index is 0.0418. The lowest BCUT2D eigenvalue weighted by Crippen LogP contribution is -2.39. The number of hydrogen-bond acceptors (Lipinski definition) is 4. The summed E-state index contributed by atoms with van der Waals surface area (Å²) in [6.45, 7) is 2.46. The lowest BCUT2D eigenvalue weighted by atomic mass is 10.1. The van der Waals surface area contributed by atoms with Crippen LogP contribution in [0, 0.1) is 5.92 Å². The standard InChI is InChI=1S/C14H24N4/c1-16-14(15)11-6-5-10(8-11)12-9-18(12)13-4-3-7-17(13)2/h5-6,8,11-14,16H,3-4,7,9,15H2,1-2H3. The fourth-order valence-electron chi connectivity index (χ4n) is 3.28. The van der Waals surface area contributed by atoms with E-state index in [0.29, 0.717) is 18.1 Å². The van der Waals surface area contributed by atoms with Crippen LogP contribution in [-0.4, -0.2) is 55.4 Å². The summed E-state index contributed by atoms with van der Waals surface area (Å²) in [7, 11) is 4.16. The van der Waals surface area contributed by atoms with Gasteiger partial charge in [0.2, 0.25) is 0 Å². The fourth-order valence-corrected chi connectivity index (χ4v) is 3.28. The van der Waals surface area contributed by atoms with Crippen molar-refractivity contribution in [3.63, 3.8) is 0 Å². The van der Waals surface area contributed by atoms with Gasteiger partial charge in [-0.1, -0.05) is 18.2 Å². The van der Waals surface area contributed by atoms with Crippen LogP contribution >= 0.6 is 0 Å². The first-order chi connectivity index (χ1) is 8.70. The summed E-state index contributed by atoms with van der Waals surface area (Å²) in [5.41, 5.74) is 7.47. The van der Waals surface area contributed by atoms with Crippen molar-refractivity contribution in [2.75, 3.05) is 27.2 Å². The van der Waals surface area contributed by atoms with Crippen molar-refractivity contribution in [2.24, 2.45) is 11.7 Å². The molecule has 5 atom stereocenters. The fraction of sp³-hybridized carbons (Fsp3) is 0.714. The summed E-state index contributed by atoms with van der Waals surface area (Å²) in [5.74, 6) is 0.355. The molecule has 4 nitrogen and oxygen atoms in total. The van der Waals surface area contributed by atoms with E-state index in [9.17, 15) is 0 Å². The van der Waals surface area contributed by atoms with Gasteiger partial charge in [0.25, 0.3) is 0 Å². The lowest BCUT2D eigenvalue weighted by Gasteiger charge is -2.21. The topological polar surface area (TPSA) is 44.3 Å². The Hall–Kier alpha value is -0.680. The molecule has 3 rings (SSSR count). The van der Waals surface area contributed by atoms with Gasteiger partial charge >= 0.3 is 0 Å². The van der Waals surface area contributed by atoms with E-state index in [2.05, 4.69) is 40.4 Å². The summed E-state index contributed by atoms with van der Waals surface area (Å²) >= 11 is 0. The zero-order chi connectivity index (χ0) is 12.7. The van der Waals surface area contributed by atoms with E-state index in [1.165, 1.54) is 31.5 Å². The van der Waals surface area contributed by atoms with E-state index in [1.54, 1.807) is 0 Å². The van der Waals surface area contributed by atoms with Crippen molar-refractivity contribution in [1.82, 2.24) is 15.1 Å². The zero-order valence-corrected chi connectivity index (χ0v) is 11.3. The monoisotopic (exact) mass is 248 g/mol. The molecule has 2 saturated heterocycles. The van der Waals surface area contributed by atoms with Crippen molar-refractivity contribution < 1.29 is 0 Å². The molecule has 0 bridgehead atoms. The SMILES string of the molecule is CNC(N)C1C=CC(C2CN2C2CCCN2C)=C1. The molecular formula is C14H24N4. The molecule has 5 unspecified atom stereocenters. The first-order valence-corrected chi connectivity index (χ1v) is 6.99. The molecule has 100 valence electrons. The lowest BCUT2D eigenvalue weighted by molar-refractivity contribution is 0.193. The first kappa shape index (κ1) is 12.4. The summed E-state index contributed by atoms with van der Waals surface area (Å²) in [4.78, 5) is 5.09. The van der Waals surface area contributed by atoms with Gasteiger partial charge in [0.1, 0.15) is 0 Å². The molecule has 0 saturated carbocycles. The minimum atomic E-state index is 0.0418. The molecular weight excluding hydrogens is 224 g/mol. The highest BCUT2D eigenvalue weighted by Gasteiger charge is 2.44. The molecule has 0 radical (unpaired) electrons. The Bertz CT molecular complexity index is 376. The average Bonchev–Trinajstić information content (AvgIpc) is 2.82. The maximum absolute atomic E-state index is 6.01. The molecule has 4 heteroatoms. The van der Waals surface area contributed by atoms with Crippen LogP contribution in [0.25, 0.3) is 0 Å². The van der Waals surface area contributed by atoms with E-state index < -0.39 is 0 Å². The maximum atomic E-state index is 6.01. The van der Waals surface area contributed by atoms with Crippen molar-refractivity contribution in [2.45, 2.75) is 31.2 Å². The molecule has 0 spiro atoms. The molecule has 2 fully saturated rings. The number of nitrogens with one attached hydrogen (secondary N) is 1. The Morgan fingerprint density at radius 1 is 1.50 bits per heavy atom. The predicted molar refractivity (Wildman–Crippen MR) is 73.9 cm³/mol. The molecule has 2 aliphatic heterocycles. The van der Waals surface area contributed by atoms with Crippen molar-refractivity contribution in [1.29, 1.82) is 0 Å². The third kappa shape index (κ3) is 2.14. The van der Waals surface area contributed by atoms with Crippen LogP contribution < -0.4 is 11.1 Å². The normalized spacial score (nSPS) is 41.2. The average molecular weight is 248 g/mol. The smallest absolute Gasteiger partial charge is 0.0644 e. The Morgan fingerprint density at radius 2 is 2.33 bits per heavy atom. The van der Waals surface area contributed by atoms with E-state index >= 15 is 0 Å². The predicted octanol–water partition coefficient (Wildman–Crippen LogP) is 0.339. The summed E-state index contributed by atoms with van der Waals surface area (Å²) in [6, 6.07) is 0.640. The molecule has 1 aliphatic carbocycles. The number of hydrogen-bond donors (Lipinski definition) is 2. The highest BCUT2D eigenvalue weighted by Crippen LogP contribution is 2.36. The second-order valence-electron chi connectivity index (χ2n) is 5.73. The van der Waals surface area contributed by atoms with E-state index in [4.69, 9.17) is 5.73 Å². The molecule has 0 amide bonds.